The predicted octanol–water partition coefficient (Wildman–Crippen LogP) is 1.91. The molecule has 4 nitrogen and oxygen atoms in total. The van der Waals surface area contributed by atoms with E-state index in [1.807, 2.05) is 11.6 Å². The van der Waals surface area contributed by atoms with Gasteiger partial charge in [-0.1, -0.05) is 0 Å². The van der Waals surface area contributed by atoms with Gasteiger partial charge in [0.1, 0.15) is 0 Å². The molecule has 2 aromatic rings. The van der Waals surface area contributed by atoms with Crippen LogP contribution in [0.15, 0.2) is 17.8 Å². The number of nitrogens with one attached hydrogen (secondary N) is 1. The van der Waals surface area contributed by atoms with Crippen molar-refractivity contribution >= 4 is 16.3 Å². The van der Waals surface area contributed by atoms with Crippen LogP contribution in [0.3, 0.4) is 0 Å². The number of thiazole rings is 1. The van der Waals surface area contributed by atoms with Gasteiger partial charge in [0.15, 0.2) is 4.96 Å². The van der Waals surface area contributed by atoms with Gasteiger partial charge < -0.3 is 10.1 Å². The summed E-state index contributed by atoms with van der Waals surface area (Å²) in [6.45, 7) is 3.47. The van der Waals surface area contributed by atoms with Crippen molar-refractivity contribution in [2.45, 2.75) is 19.4 Å². The van der Waals surface area contributed by atoms with E-state index in [4.69, 9.17) is 4.74 Å². The Morgan fingerprint density at radius 1 is 1.53 bits per heavy atom. The minimum Gasteiger partial charge on any atom is -0.380 e. The fourth-order valence-corrected chi connectivity index (χ4v) is 2.48. The van der Waals surface area contributed by atoms with Crippen molar-refractivity contribution in [1.29, 1.82) is 0 Å². The van der Waals surface area contributed by atoms with Crippen LogP contribution in [0.2, 0.25) is 0 Å². The Bertz CT molecular complexity index is 446. The Hall–Kier alpha value is -0.910. The van der Waals surface area contributed by atoms with Gasteiger partial charge in [-0.2, -0.15) is 0 Å². The zero-order chi connectivity index (χ0) is 11.5. The molecule has 17 heavy (non-hydrogen) atoms. The largest absolute Gasteiger partial charge is 0.380 e. The van der Waals surface area contributed by atoms with Gasteiger partial charge in [0, 0.05) is 37.5 Å². The molecule has 2 aromatic heterocycles. The fraction of sp³-hybridized carbons (Fsp3) is 0.583. The van der Waals surface area contributed by atoms with E-state index in [-0.39, 0.29) is 0 Å². The van der Waals surface area contributed by atoms with E-state index in [9.17, 15) is 0 Å². The zero-order valence-corrected chi connectivity index (χ0v) is 10.6. The third kappa shape index (κ3) is 3.06. The molecule has 1 aliphatic carbocycles. The van der Waals surface area contributed by atoms with Gasteiger partial charge >= 0.3 is 0 Å². The monoisotopic (exact) mass is 251 g/mol. The molecule has 3 rings (SSSR count). The topological polar surface area (TPSA) is 38.6 Å². The van der Waals surface area contributed by atoms with Crippen molar-refractivity contribution in [3.63, 3.8) is 0 Å². The van der Waals surface area contributed by atoms with E-state index in [1.165, 1.54) is 12.8 Å². The van der Waals surface area contributed by atoms with Gasteiger partial charge in [0.2, 0.25) is 0 Å². The molecule has 0 aromatic carbocycles. The van der Waals surface area contributed by atoms with Gasteiger partial charge in [-0.25, -0.2) is 4.98 Å². The van der Waals surface area contributed by atoms with Crippen LogP contribution in [0.4, 0.5) is 0 Å². The van der Waals surface area contributed by atoms with Gasteiger partial charge in [-0.15, -0.1) is 11.3 Å². The average Bonchev–Trinajstić information content (AvgIpc) is 2.90. The minimum atomic E-state index is 0.804. The van der Waals surface area contributed by atoms with Crippen molar-refractivity contribution in [1.82, 2.24) is 14.7 Å². The van der Waals surface area contributed by atoms with Crippen molar-refractivity contribution in [3.05, 3.63) is 23.5 Å². The van der Waals surface area contributed by atoms with Crippen LogP contribution in [0.5, 0.6) is 0 Å². The molecule has 0 radical (unpaired) electrons. The first-order chi connectivity index (χ1) is 8.42. The predicted molar refractivity (Wildman–Crippen MR) is 68.3 cm³/mol. The Morgan fingerprint density at radius 2 is 2.47 bits per heavy atom. The van der Waals surface area contributed by atoms with Crippen LogP contribution in [-0.2, 0) is 11.3 Å². The number of nitrogens with zero attached hydrogens (tertiary/aromatic N) is 2. The Balaban J connectivity index is 1.34. The highest BCUT2D eigenvalue weighted by Crippen LogP contribution is 2.28. The first kappa shape index (κ1) is 11.2. The summed E-state index contributed by atoms with van der Waals surface area (Å²) in [7, 11) is 0. The lowest BCUT2D eigenvalue weighted by atomic mass is 10.4. The van der Waals surface area contributed by atoms with Crippen LogP contribution in [0.25, 0.3) is 4.96 Å². The Morgan fingerprint density at radius 3 is 3.29 bits per heavy atom. The van der Waals surface area contributed by atoms with Gasteiger partial charge in [-0.3, -0.25) is 4.40 Å². The summed E-state index contributed by atoms with van der Waals surface area (Å²) in [5.41, 5.74) is 1.10. The normalized spacial score (nSPS) is 15.8. The summed E-state index contributed by atoms with van der Waals surface area (Å²) in [6, 6.07) is 0. The molecule has 0 unspecified atom stereocenters. The van der Waals surface area contributed by atoms with Crippen molar-refractivity contribution in [2.24, 2.45) is 5.92 Å². The maximum absolute atomic E-state index is 5.55. The number of hydrogen-bond donors (Lipinski definition) is 1. The number of ether oxygens (including phenoxy) is 1. The summed E-state index contributed by atoms with van der Waals surface area (Å²) < 4.78 is 7.61. The quantitative estimate of drug-likeness (QED) is 0.764. The Labute approximate surface area is 105 Å². The molecule has 0 bridgehead atoms. The molecular weight excluding hydrogens is 234 g/mol. The Kier molecular flexibility index (Phi) is 3.40. The van der Waals surface area contributed by atoms with Crippen LogP contribution < -0.4 is 5.32 Å². The van der Waals surface area contributed by atoms with Crippen molar-refractivity contribution in [2.75, 3.05) is 19.8 Å². The van der Waals surface area contributed by atoms with E-state index in [0.717, 1.165) is 42.9 Å². The summed E-state index contributed by atoms with van der Waals surface area (Å²) in [4.78, 5) is 5.57. The second kappa shape index (κ2) is 5.16. The lowest BCUT2D eigenvalue weighted by molar-refractivity contribution is 0.126. The molecule has 0 saturated heterocycles. The maximum atomic E-state index is 5.55. The van der Waals surface area contributed by atoms with Crippen molar-refractivity contribution < 1.29 is 4.74 Å². The zero-order valence-electron chi connectivity index (χ0n) is 9.76. The molecule has 92 valence electrons. The molecule has 0 amide bonds. The number of rotatable bonds is 7. The van der Waals surface area contributed by atoms with Crippen LogP contribution in [-0.4, -0.2) is 29.1 Å². The number of aromatic nitrogens is 2. The van der Waals surface area contributed by atoms with Crippen LogP contribution >= 0.6 is 11.3 Å². The summed E-state index contributed by atoms with van der Waals surface area (Å²) in [6.07, 6.45) is 6.83. The average molecular weight is 251 g/mol. The van der Waals surface area contributed by atoms with E-state index >= 15 is 0 Å². The van der Waals surface area contributed by atoms with E-state index in [0.29, 0.717) is 0 Å². The highest BCUT2D eigenvalue weighted by molar-refractivity contribution is 7.15. The second-order valence-electron chi connectivity index (χ2n) is 4.52. The van der Waals surface area contributed by atoms with E-state index in [2.05, 4.69) is 20.9 Å². The van der Waals surface area contributed by atoms with Gasteiger partial charge in [0.05, 0.1) is 12.3 Å². The molecule has 2 heterocycles. The summed E-state index contributed by atoms with van der Waals surface area (Å²) in [5, 5.41) is 5.40. The first-order valence-corrected chi connectivity index (χ1v) is 6.99. The lowest BCUT2D eigenvalue weighted by Crippen LogP contribution is -2.19. The van der Waals surface area contributed by atoms with Crippen molar-refractivity contribution in [3.8, 4) is 0 Å². The molecule has 1 saturated carbocycles. The van der Waals surface area contributed by atoms with E-state index in [1.54, 1.807) is 11.3 Å². The highest BCUT2D eigenvalue weighted by Gasteiger charge is 2.20. The highest BCUT2D eigenvalue weighted by atomic mass is 32.1. The molecule has 1 N–H and O–H groups in total. The number of hydrogen-bond acceptors (Lipinski definition) is 4. The SMILES string of the molecule is c1cn2cc(CNCCOCC3CC3)nc2s1. The minimum absolute atomic E-state index is 0.804. The molecule has 0 spiro atoms. The third-order valence-corrected chi connectivity index (χ3v) is 3.69. The maximum Gasteiger partial charge on any atom is 0.193 e. The number of fused-ring (bicyclic) bond motifs is 1. The lowest BCUT2D eigenvalue weighted by Gasteiger charge is -2.03. The third-order valence-electron chi connectivity index (χ3n) is 2.92. The van der Waals surface area contributed by atoms with E-state index < -0.39 is 0 Å². The molecule has 0 atom stereocenters. The standard InChI is InChI=1S/C12H17N3OS/c1-2-10(1)9-16-5-3-13-7-11-8-15-4-6-17-12(15)14-11/h4,6,8,10,13H,1-3,5,7,9H2. The van der Waals surface area contributed by atoms with Crippen LogP contribution in [0.1, 0.15) is 18.5 Å². The summed E-state index contributed by atoms with van der Waals surface area (Å²) in [5.74, 6) is 0.856. The van der Waals surface area contributed by atoms with Gasteiger partial charge in [-0.05, 0) is 18.8 Å². The molecule has 1 aliphatic rings. The molecule has 5 heteroatoms. The fourth-order valence-electron chi connectivity index (χ4n) is 1.76. The molecule has 0 aliphatic heterocycles. The second-order valence-corrected chi connectivity index (χ2v) is 5.39. The summed E-state index contributed by atoms with van der Waals surface area (Å²) >= 11 is 1.67. The number of imidazole rings is 1. The smallest absolute Gasteiger partial charge is 0.193 e. The first-order valence-electron chi connectivity index (χ1n) is 6.11. The molecular formula is C12H17N3OS. The van der Waals surface area contributed by atoms with Crippen LogP contribution in [0, 0.1) is 5.92 Å². The molecule has 1 fully saturated rings. The van der Waals surface area contributed by atoms with Gasteiger partial charge in [0.25, 0.3) is 0 Å².